The zero-order chi connectivity index (χ0) is 19.7. The summed E-state index contributed by atoms with van der Waals surface area (Å²) in [7, 11) is 3.05. The van der Waals surface area contributed by atoms with Gasteiger partial charge < -0.3 is 9.47 Å². The second kappa shape index (κ2) is 7.71. The van der Waals surface area contributed by atoms with E-state index in [1.165, 1.54) is 7.11 Å². The highest BCUT2D eigenvalue weighted by molar-refractivity contribution is 6.06. The van der Waals surface area contributed by atoms with E-state index in [2.05, 4.69) is 13.8 Å². The number of carbonyl (C=O) groups is 2. The normalized spacial score (nSPS) is 22.0. The molecule has 4 nitrogen and oxygen atoms in total. The number of fused-ring (bicyclic) bond motifs is 2. The summed E-state index contributed by atoms with van der Waals surface area (Å²) < 4.78 is 10.6. The van der Waals surface area contributed by atoms with Crippen LogP contribution in [0.15, 0.2) is 30.3 Å². The second-order valence-corrected chi connectivity index (χ2v) is 7.90. The molecule has 4 heteroatoms. The fourth-order valence-corrected chi connectivity index (χ4v) is 4.31. The van der Waals surface area contributed by atoms with E-state index >= 15 is 0 Å². The van der Waals surface area contributed by atoms with Crippen molar-refractivity contribution >= 4 is 22.5 Å². The van der Waals surface area contributed by atoms with Crippen molar-refractivity contribution in [1.29, 1.82) is 0 Å². The lowest BCUT2D eigenvalue weighted by Crippen LogP contribution is -2.39. The molecule has 1 aliphatic rings. The first-order chi connectivity index (χ1) is 12.9. The molecule has 144 valence electrons. The van der Waals surface area contributed by atoms with Crippen LogP contribution < -0.4 is 4.74 Å². The quantitative estimate of drug-likeness (QED) is 0.698. The topological polar surface area (TPSA) is 52.6 Å². The van der Waals surface area contributed by atoms with Gasteiger partial charge in [-0.2, -0.15) is 0 Å². The van der Waals surface area contributed by atoms with Gasteiger partial charge in [0.05, 0.1) is 20.1 Å². The number of rotatable bonds is 5. The van der Waals surface area contributed by atoms with Crippen molar-refractivity contribution in [3.05, 3.63) is 41.5 Å². The molecule has 2 aromatic rings. The summed E-state index contributed by atoms with van der Waals surface area (Å²) in [5.41, 5.74) is 1.68. The number of hydrogen-bond donors (Lipinski definition) is 0. The molecule has 1 aliphatic carbocycles. The molecule has 0 aliphatic heterocycles. The standard InChI is InChI=1S/C23H28O4/c1-13(2)9-10-16-18-12-17-15(7-6-8-20(17)26-4)11-19(18)22(24)14(3)21(16)23(25)27-5/h6-8,11-14,16,21H,9-10H2,1-5H3/t14-,16+,21+/m1/s1. The van der Waals surface area contributed by atoms with Crippen LogP contribution in [0.25, 0.3) is 10.8 Å². The fraction of sp³-hybridized carbons (Fsp3) is 0.478. The zero-order valence-corrected chi connectivity index (χ0v) is 16.7. The van der Waals surface area contributed by atoms with Crippen LogP contribution in [-0.4, -0.2) is 26.0 Å². The maximum absolute atomic E-state index is 13.1. The molecule has 0 heterocycles. The van der Waals surface area contributed by atoms with Gasteiger partial charge in [-0.3, -0.25) is 9.59 Å². The largest absolute Gasteiger partial charge is 0.496 e. The molecule has 27 heavy (non-hydrogen) atoms. The Kier molecular flexibility index (Phi) is 5.54. The molecule has 0 saturated carbocycles. The lowest BCUT2D eigenvalue weighted by atomic mass is 9.66. The van der Waals surface area contributed by atoms with Crippen molar-refractivity contribution < 1.29 is 19.1 Å². The lowest BCUT2D eigenvalue weighted by Gasteiger charge is -2.36. The Labute approximate surface area is 160 Å². The van der Waals surface area contributed by atoms with E-state index in [4.69, 9.17) is 9.47 Å². The third-order valence-electron chi connectivity index (χ3n) is 5.81. The lowest BCUT2D eigenvalue weighted by molar-refractivity contribution is -0.148. The van der Waals surface area contributed by atoms with Crippen LogP contribution >= 0.6 is 0 Å². The average Bonchev–Trinajstić information content (AvgIpc) is 2.67. The molecule has 0 N–H and O–H groups in total. The van der Waals surface area contributed by atoms with Crippen molar-refractivity contribution in [2.24, 2.45) is 17.8 Å². The maximum Gasteiger partial charge on any atom is 0.310 e. The second-order valence-electron chi connectivity index (χ2n) is 7.90. The van der Waals surface area contributed by atoms with Crippen molar-refractivity contribution in [2.75, 3.05) is 14.2 Å². The molecular formula is C23H28O4. The summed E-state index contributed by atoms with van der Waals surface area (Å²) in [6.07, 6.45) is 1.84. The minimum absolute atomic E-state index is 0.0194. The zero-order valence-electron chi connectivity index (χ0n) is 16.7. The van der Waals surface area contributed by atoms with Crippen molar-refractivity contribution in [1.82, 2.24) is 0 Å². The highest BCUT2D eigenvalue weighted by Gasteiger charge is 2.44. The van der Waals surface area contributed by atoms with Crippen molar-refractivity contribution in [2.45, 2.75) is 39.5 Å². The van der Waals surface area contributed by atoms with Gasteiger partial charge in [0.25, 0.3) is 0 Å². The van der Waals surface area contributed by atoms with Gasteiger partial charge in [0.1, 0.15) is 5.75 Å². The predicted molar refractivity (Wildman–Crippen MR) is 106 cm³/mol. The van der Waals surface area contributed by atoms with E-state index in [0.717, 1.165) is 40.5 Å². The van der Waals surface area contributed by atoms with Gasteiger partial charge >= 0.3 is 5.97 Å². The minimum Gasteiger partial charge on any atom is -0.496 e. The van der Waals surface area contributed by atoms with Crippen LogP contribution in [0.5, 0.6) is 5.75 Å². The Hall–Kier alpha value is -2.36. The first kappa shape index (κ1) is 19.4. The van der Waals surface area contributed by atoms with Gasteiger partial charge in [-0.15, -0.1) is 0 Å². The summed E-state index contributed by atoms with van der Waals surface area (Å²) in [5.74, 6) is 0.164. The van der Waals surface area contributed by atoms with Crippen LogP contribution in [0.3, 0.4) is 0 Å². The van der Waals surface area contributed by atoms with E-state index in [1.54, 1.807) is 7.11 Å². The Morgan fingerprint density at radius 1 is 1.19 bits per heavy atom. The molecule has 0 aromatic heterocycles. The van der Waals surface area contributed by atoms with Gasteiger partial charge in [0.2, 0.25) is 0 Å². The van der Waals surface area contributed by atoms with Gasteiger partial charge in [0, 0.05) is 16.9 Å². The van der Waals surface area contributed by atoms with Crippen LogP contribution in [-0.2, 0) is 9.53 Å². The molecule has 0 unspecified atom stereocenters. The first-order valence-electron chi connectivity index (χ1n) is 9.61. The Bertz CT molecular complexity index is 868. The third kappa shape index (κ3) is 3.45. The molecular weight excluding hydrogens is 340 g/mol. The van der Waals surface area contributed by atoms with Crippen LogP contribution in [0.4, 0.5) is 0 Å². The number of carbonyl (C=O) groups excluding carboxylic acids is 2. The Balaban J connectivity index is 2.21. The summed E-state index contributed by atoms with van der Waals surface area (Å²) in [6, 6.07) is 9.85. The number of ketones is 1. The third-order valence-corrected chi connectivity index (χ3v) is 5.81. The molecule has 0 radical (unpaired) electrons. The molecule has 0 saturated heterocycles. The number of benzene rings is 2. The highest BCUT2D eigenvalue weighted by Crippen LogP contribution is 2.45. The molecule has 3 rings (SSSR count). The molecule has 2 aromatic carbocycles. The average molecular weight is 368 g/mol. The van der Waals surface area contributed by atoms with Crippen LogP contribution in [0.1, 0.15) is 55.5 Å². The Morgan fingerprint density at radius 3 is 2.56 bits per heavy atom. The van der Waals surface area contributed by atoms with Gasteiger partial charge in [-0.25, -0.2) is 0 Å². The predicted octanol–water partition coefficient (Wildman–Crippen LogP) is 4.99. The smallest absolute Gasteiger partial charge is 0.310 e. The van der Waals surface area contributed by atoms with Crippen molar-refractivity contribution in [3.8, 4) is 5.75 Å². The number of hydrogen-bond acceptors (Lipinski definition) is 4. The number of esters is 1. The molecule has 0 fully saturated rings. The van der Waals surface area contributed by atoms with E-state index in [1.807, 2.05) is 37.3 Å². The van der Waals surface area contributed by atoms with Crippen LogP contribution in [0, 0.1) is 17.8 Å². The summed E-state index contributed by atoms with van der Waals surface area (Å²) >= 11 is 0. The molecule has 3 atom stereocenters. The van der Waals surface area contributed by atoms with Crippen LogP contribution in [0.2, 0.25) is 0 Å². The number of methoxy groups -OCH3 is 2. The summed E-state index contributed by atoms with van der Waals surface area (Å²) in [5, 5.41) is 1.95. The van der Waals surface area contributed by atoms with Gasteiger partial charge in [-0.1, -0.05) is 39.3 Å². The van der Waals surface area contributed by atoms with E-state index < -0.39 is 5.92 Å². The number of ether oxygens (including phenoxy) is 2. The van der Waals surface area contributed by atoms with E-state index in [0.29, 0.717) is 5.92 Å². The molecule has 0 bridgehead atoms. The number of Topliss-reactive ketones (excluding diaryl/α,β-unsaturated/α-hetero) is 1. The van der Waals surface area contributed by atoms with Crippen molar-refractivity contribution in [3.63, 3.8) is 0 Å². The first-order valence-corrected chi connectivity index (χ1v) is 9.61. The summed E-state index contributed by atoms with van der Waals surface area (Å²) in [4.78, 5) is 25.7. The van der Waals surface area contributed by atoms with E-state index in [-0.39, 0.29) is 23.6 Å². The van der Waals surface area contributed by atoms with Gasteiger partial charge in [-0.05, 0) is 47.4 Å². The highest BCUT2D eigenvalue weighted by atomic mass is 16.5. The minimum atomic E-state index is -0.444. The van der Waals surface area contributed by atoms with E-state index in [9.17, 15) is 9.59 Å². The fourth-order valence-electron chi connectivity index (χ4n) is 4.31. The Morgan fingerprint density at radius 2 is 1.93 bits per heavy atom. The summed E-state index contributed by atoms with van der Waals surface area (Å²) in [6.45, 7) is 6.20. The van der Waals surface area contributed by atoms with Gasteiger partial charge in [0.15, 0.2) is 5.78 Å². The monoisotopic (exact) mass is 368 g/mol. The molecule has 0 spiro atoms. The maximum atomic E-state index is 13.1. The molecule has 0 amide bonds. The SMILES string of the molecule is COC(=O)[C@H]1[C@@H](C)C(=O)c2cc3cccc(OC)c3cc2[C@@H]1CCC(C)C.